The second-order valence-electron chi connectivity index (χ2n) is 4.85. The number of hydrogen-bond donors (Lipinski definition) is 1. The van der Waals surface area contributed by atoms with Crippen molar-refractivity contribution in [1.29, 1.82) is 0 Å². The van der Waals surface area contributed by atoms with Gasteiger partial charge in [0.05, 0.1) is 0 Å². The molecule has 2 rings (SSSR count). The molecular weight excluding hydrogens is 208 g/mol. The highest BCUT2D eigenvalue weighted by molar-refractivity contribution is 5.64. The Hall–Kier alpha value is -1.76. The van der Waals surface area contributed by atoms with Crippen LogP contribution in [0.2, 0.25) is 0 Å². The van der Waals surface area contributed by atoms with Gasteiger partial charge in [-0.1, -0.05) is 50.2 Å². The van der Waals surface area contributed by atoms with Crippen LogP contribution in [0.4, 0.5) is 0 Å². The van der Waals surface area contributed by atoms with Gasteiger partial charge in [0.2, 0.25) is 0 Å². The van der Waals surface area contributed by atoms with E-state index in [1.165, 1.54) is 11.1 Å². The highest BCUT2D eigenvalue weighted by Crippen LogP contribution is 2.23. The number of phenolic OH excluding ortho intramolecular Hbond substituents is 1. The van der Waals surface area contributed by atoms with Crippen LogP contribution in [-0.4, -0.2) is 5.11 Å². The molecule has 0 heterocycles. The van der Waals surface area contributed by atoms with Crippen LogP contribution in [0.3, 0.4) is 0 Å². The summed E-state index contributed by atoms with van der Waals surface area (Å²) in [5.41, 5.74) is 3.72. The number of rotatable bonds is 3. The van der Waals surface area contributed by atoms with Crippen LogP contribution in [0, 0.1) is 5.92 Å². The van der Waals surface area contributed by atoms with E-state index >= 15 is 0 Å². The van der Waals surface area contributed by atoms with Gasteiger partial charge in [-0.3, -0.25) is 0 Å². The van der Waals surface area contributed by atoms with Crippen LogP contribution in [-0.2, 0) is 6.42 Å². The maximum atomic E-state index is 9.28. The first-order valence-electron chi connectivity index (χ1n) is 6.03. The molecule has 0 unspecified atom stereocenters. The Morgan fingerprint density at radius 3 is 2.29 bits per heavy atom. The van der Waals surface area contributed by atoms with Crippen LogP contribution in [0.1, 0.15) is 19.4 Å². The smallest absolute Gasteiger partial charge is 0.115 e. The summed E-state index contributed by atoms with van der Waals surface area (Å²) < 4.78 is 0. The van der Waals surface area contributed by atoms with Gasteiger partial charge in [-0.15, -0.1) is 0 Å². The molecule has 1 heteroatoms. The Labute approximate surface area is 103 Å². The molecule has 2 aromatic rings. The molecular formula is C16H18O. The van der Waals surface area contributed by atoms with Gasteiger partial charge in [-0.25, -0.2) is 0 Å². The molecule has 0 atom stereocenters. The van der Waals surface area contributed by atoms with Gasteiger partial charge in [-0.2, -0.15) is 0 Å². The second-order valence-corrected chi connectivity index (χ2v) is 4.85. The maximum Gasteiger partial charge on any atom is 0.115 e. The van der Waals surface area contributed by atoms with Crippen LogP contribution >= 0.6 is 0 Å². The molecule has 2 aromatic carbocycles. The van der Waals surface area contributed by atoms with Crippen LogP contribution in [0.15, 0.2) is 48.5 Å². The van der Waals surface area contributed by atoms with Crippen molar-refractivity contribution in [1.82, 2.24) is 0 Å². The molecule has 17 heavy (non-hydrogen) atoms. The van der Waals surface area contributed by atoms with Crippen LogP contribution in [0.25, 0.3) is 11.1 Å². The Balaban J connectivity index is 2.29. The minimum absolute atomic E-state index is 0.312. The van der Waals surface area contributed by atoms with Gasteiger partial charge in [0.25, 0.3) is 0 Å². The summed E-state index contributed by atoms with van der Waals surface area (Å²) in [5, 5.41) is 9.28. The molecule has 0 saturated carbocycles. The summed E-state index contributed by atoms with van der Waals surface area (Å²) in [6, 6.07) is 16.0. The second kappa shape index (κ2) is 5.05. The van der Waals surface area contributed by atoms with Gasteiger partial charge >= 0.3 is 0 Å². The van der Waals surface area contributed by atoms with E-state index in [1.54, 1.807) is 12.1 Å². The summed E-state index contributed by atoms with van der Waals surface area (Å²) >= 11 is 0. The minimum atomic E-state index is 0.312. The molecule has 0 saturated heterocycles. The average molecular weight is 226 g/mol. The lowest BCUT2D eigenvalue weighted by molar-refractivity contribution is 0.475. The van der Waals surface area contributed by atoms with Gasteiger partial charge in [0.1, 0.15) is 5.75 Å². The molecule has 0 amide bonds. The van der Waals surface area contributed by atoms with Gasteiger partial charge in [0.15, 0.2) is 0 Å². The molecule has 0 aliphatic carbocycles. The fourth-order valence-corrected chi connectivity index (χ4v) is 2.00. The first kappa shape index (κ1) is 11.7. The third kappa shape index (κ3) is 3.10. The van der Waals surface area contributed by atoms with Crippen molar-refractivity contribution in [2.24, 2.45) is 5.92 Å². The SMILES string of the molecule is CC(C)Cc1cccc(-c2ccc(O)cc2)c1. The number of benzene rings is 2. The maximum absolute atomic E-state index is 9.28. The molecule has 0 aromatic heterocycles. The molecule has 1 N–H and O–H groups in total. The molecule has 0 fully saturated rings. The van der Waals surface area contributed by atoms with E-state index in [4.69, 9.17) is 0 Å². The summed E-state index contributed by atoms with van der Waals surface area (Å²) in [4.78, 5) is 0. The Morgan fingerprint density at radius 1 is 0.941 bits per heavy atom. The molecule has 0 spiro atoms. The van der Waals surface area contributed by atoms with Crippen molar-refractivity contribution in [3.8, 4) is 16.9 Å². The first-order valence-corrected chi connectivity index (χ1v) is 6.03. The highest BCUT2D eigenvalue weighted by Gasteiger charge is 2.01. The normalized spacial score (nSPS) is 10.8. The van der Waals surface area contributed by atoms with Gasteiger partial charge in [0, 0.05) is 0 Å². The van der Waals surface area contributed by atoms with Gasteiger partial charge < -0.3 is 5.11 Å². The van der Waals surface area contributed by atoms with E-state index in [1.807, 2.05) is 12.1 Å². The third-order valence-corrected chi connectivity index (χ3v) is 2.77. The van der Waals surface area contributed by atoms with E-state index < -0.39 is 0 Å². The molecule has 0 bridgehead atoms. The fraction of sp³-hybridized carbons (Fsp3) is 0.250. The molecule has 0 aliphatic heterocycles. The predicted octanol–water partition coefficient (Wildman–Crippen LogP) is 4.26. The Kier molecular flexibility index (Phi) is 3.48. The lowest BCUT2D eigenvalue weighted by atomic mass is 9.98. The number of hydrogen-bond acceptors (Lipinski definition) is 1. The lowest BCUT2D eigenvalue weighted by Crippen LogP contribution is -1.93. The Bertz CT molecular complexity index is 483. The highest BCUT2D eigenvalue weighted by atomic mass is 16.3. The quantitative estimate of drug-likeness (QED) is 0.829. The summed E-state index contributed by atoms with van der Waals surface area (Å²) in [5.74, 6) is 0.983. The third-order valence-electron chi connectivity index (χ3n) is 2.77. The van der Waals surface area contributed by atoms with Crippen molar-refractivity contribution in [3.63, 3.8) is 0 Å². The number of phenols is 1. The van der Waals surface area contributed by atoms with Crippen molar-refractivity contribution >= 4 is 0 Å². The van der Waals surface area contributed by atoms with Crippen molar-refractivity contribution in [2.45, 2.75) is 20.3 Å². The van der Waals surface area contributed by atoms with Crippen LogP contribution in [0.5, 0.6) is 5.75 Å². The van der Waals surface area contributed by atoms with E-state index in [0.717, 1.165) is 12.0 Å². The molecule has 0 radical (unpaired) electrons. The zero-order chi connectivity index (χ0) is 12.3. The van der Waals surface area contributed by atoms with Crippen molar-refractivity contribution in [3.05, 3.63) is 54.1 Å². The van der Waals surface area contributed by atoms with E-state index in [-0.39, 0.29) is 0 Å². The first-order chi connectivity index (χ1) is 8.15. The van der Waals surface area contributed by atoms with Crippen molar-refractivity contribution < 1.29 is 5.11 Å². The summed E-state index contributed by atoms with van der Waals surface area (Å²) in [7, 11) is 0. The van der Waals surface area contributed by atoms with E-state index in [9.17, 15) is 5.11 Å². The Morgan fingerprint density at radius 2 is 1.65 bits per heavy atom. The monoisotopic (exact) mass is 226 g/mol. The lowest BCUT2D eigenvalue weighted by Gasteiger charge is -2.08. The summed E-state index contributed by atoms with van der Waals surface area (Å²) in [6.45, 7) is 4.46. The predicted molar refractivity (Wildman–Crippen MR) is 72.1 cm³/mol. The van der Waals surface area contributed by atoms with Crippen molar-refractivity contribution in [2.75, 3.05) is 0 Å². The zero-order valence-electron chi connectivity index (χ0n) is 10.4. The fourth-order valence-electron chi connectivity index (χ4n) is 2.00. The molecule has 0 aliphatic rings. The standard InChI is InChI=1S/C16H18O/c1-12(2)10-13-4-3-5-15(11-13)14-6-8-16(17)9-7-14/h3-9,11-12,17H,10H2,1-2H3. The number of aromatic hydroxyl groups is 1. The summed E-state index contributed by atoms with van der Waals surface area (Å²) in [6.07, 6.45) is 1.10. The van der Waals surface area contributed by atoms with Gasteiger partial charge in [-0.05, 0) is 41.2 Å². The largest absolute Gasteiger partial charge is 0.508 e. The van der Waals surface area contributed by atoms with E-state index in [0.29, 0.717) is 11.7 Å². The molecule has 1 nitrogen and oxygen atoms in total. The van der Waals surface area contributed by atoms with E-state index in [2.05, 4.69) is 38.1 Å². The zero-order valence-corrected chi connectivity index (χ0v) is 10.4. The van der Waals surface area contributed by atoms with Crippen LogP contribution < -0.4 is 0 Å². The minimum Gasteiger partial charge on any atom is -0.508 e. The average Bonchev–Trinajstić information content (AvgIpc) is 2.29. The molecule has 88 valence electrons. The topological polar surface area (TPSA) is 20.2 Å².